The fraction of sp³-hybridized carbons (Fsp3) is 0.467. The van der Waals surface area contributed by atoms with Gasteiger partial charge in [-0.2, -0.15) is 0 Å². The van der Waals surface area contributed by atoms with Gasteiger partial charge in [0.2, 0.25) is 11.8 Å². The van der Waals surface area contributed by atoms with Crippen molar-refractivity contribution in [3.05, 3.63) is 29.8 Å². The number of hydrogen-bond donors (Lipinski definition) is 1. The Morgan fingerprint density at radius 2 is 2.00 bits per heavy atom. The highest BCUT2D eigenvalue weighted by atomic mass is 16.5. The molecule has 1 aromatic rings. The number of likely N-dealkylation sites (N-methyl/N-ethyl adjacent to an activating group) is 1. The van der Waals surface area contributed by atoms with Gasteiger partial charge in [-0.1, -0.05) is 19.1 Å². The van der Waals surface area contributed by atoms with Crippen LogP contribution in [0.5, 0.6) is 5.75 Å². The molecule has 1 fully saturated rings. The van der Waals surface area contributed by atoms with Gasteiger partial charge in [-0.3, -0.25) is 14.5 Å². The second-order valence-electron chi connectivity index (χ2n) is 4.78. The molecular formula is C15H20N2O3. The fourth-order valence-corrected chi connectivity index (χ4v) is 2.40. The van der Waals surface area contributed by atoms with Gasteiger partial charge in [-0.05, 0) is 24.2 Å². The minimum atomic E-state index is -0.0826. The highest BCUT2D eigenvalue weighted by molar-refractivity contribution is 6.01. The van der Waals surface area contributed by atoms with Crippen molar-refractivity contribution in [2.24, 2.45) is 0 Å². The Kier molecular flexibility index (Phi) is 4.74. The van der Waals surface area contributed by atoms with Gasteiger partial charge in [0, 0.05) is 19.4 Å². The van der Waals surface area contributed by atoms with Crippen molar-refractivity contribution < 1.29 is 14.3 Å². The van der Waals surface area contributed by atoms with E-state index in [0.29, 0.717) is 19.4 Å². The average Bonchev–Trinajstić information content (AvgIpc) is 2.78. The van der Waals surface area contributed by atoms with Crippen molar-refractivity contribution in [2.45, 2.75) is 25.8 Å². The van der Waals surface area contributed by atoms with Gasteiger partial charge in [0.15, 0.2) is 0 Å². The molecule has 0 aliphatic carbocycles. The van der Waals surface area contributed by atoms with Crippen LogP contribution in [-0.4, -0.2) is 36.9 Å². The third-order valence-electron chi connectivity index (χ3n) is 3.47. The van der Waals surface area contributed by atoms with Gasteiger partial charge in [-0.25, -0.2) is 0 Å². The maximum Gasteiger partial charge on any atom is 0.229 e. The zero-order valence-electron chi connectivity index (χ0n) is 11.9. The highest BCUT2D eigenvalue weighted by Crippen LogP contribution is 2.22. The molecule has 1 aliphatic heterocycles. The van der Waals surface area contributed by atoms with E-state index in [9.17, 15) is 9.59 Å². The van der Waals surface area contributed by atoms with Crippen molar-refractivity contribution in [3.8, 4) is 5.75 Å². The molecule has 0 radical (unpaired) electrons. The van der Waals surface area contributed by atoms with Crippen molar-refractivity contribution in [1.29, 1.82) is 0 Å². The SMILES string of the molecule is CCNC(CN1C(=O)CCC1=O)c1cccc(OC)c1. The molecule has 2 amide bonds. The topological polar surface area (TPSA) is 58.6 Å². The molecule has 1 heterocycles. The van der Waals surface area contributed by atoms with Gasteiger partial charge in [0.25, 0.3) is 0 Å². The van der Waals surface area contributed by atoms with Crippen molar-refractivity contribution >= 4 is 11.8 Å². The molecule has 0 spiro atoms. The summed E-state index contributed by atoms with van der Waals surface area (Å²) in [6.45, 7) is 3.14. The van der Waals surface area contributed by atoms with Crippen LogP contribution >= 0.6 is 0 Å². The molecule has 20 heavy (non-hydrogen) atoms. The van der Waals surface area contributed by atoms with E-state index in [1.54, 1.807) is 7.11 Å². The standard InChI is InChI=1S/C15H20N2O3/c1-3-16-13(10-17-14(18)7-8-15(17)19)11-5-4-6-12(9-11)20-2/h4-6,9,13,16H,3,7-8,10H2,1-2H3. The highest BCUT2D eigenvalue weighted by Gasteiger charge is 2.31. The predicted molar refractivity (Wildman–Crippen MR) is 75.4 cm³/mol. The number of methoxy groups -OCH3 is 1. The van der Waals surface area contributed by atoms with E-state index in [4.69, 9.17) is 4.74 Å². The lowest BCUT2D eigenvalue weighted by Gasteiger charge is -2.24. The van der Waals surface area contributed by atoms with E-state index < -0.39 is 0 Å². The molecule has 1 saturated heterocycles. The minimum Gasteiger partial charge on any atom is -0.497 e. The Bertz CT molecular complexity index is 486. The van der Waals surface area contributed by atoms with Crippen molar-refractivity contribution in [3.63, 3.8) is 0 Å². The molecule has 5 nitrogen and oxygen atoms in total. The monoisotopic (exact) mass is 276 g/mol. The summed E-state index contributed by atoms with van der Waals surface area (Å²) in [7, 11) is 1.62. The Morgan fingerprint density at radius 1 is 1.30 bits per heavy atom. The maximum absolute atomic E-state index is 11.7. The first-order valence-electron chi connectivity index (χ1n) is 6.86. The summed E-state index contributed by atoms with van der Waals surface area (Å²) in [4.78, 5) is 24.8. The first-order valence-corrected chi connectivity index (χ1v) is 6.86. The van der Waals surface area contributed by atoms with E-state index in [1.807, 2.05) is 31.2 Å². The number of amides is 2. The van der Waals surface area contributed by atoms with Gasteiger partial charge >= 0.3 is 0 Å². The summed E-state index contributed by atoms with van der Waals surface area (Å²) < 4.78 is 5.22. The molecule has 1 unspecified atom stereocenters. The van der Waals surface area contributed by atoms with E-state index in [0.717, 1.165) is 17.9 Å². The number of carbonyl (C=O) groups is 2. The lowest BCUT2D eigenvalue weighted by atomic mass is 10.1. The average molecular weight is 276 g/mol. The minimum absolute atomic E-state index is 0.0684. The summed E-state index contributed by atoms with van der Waals surface area (Å²) in [6.07, 6.45) is 0.658. The molecule has 1 aromatic carbocycles. The largest absolute Gasteiger partial charge is 0.497 e. The smallest absolute Gasteiger partial charge is 0.229 e. The number of nitrogens with zero attached hydrogens (tertiary/aromatic N) is 1. The Balaban J connectivity index is 2.17. The number of imide groups is 1. The van der Waals surface area contributed by atoms with Gasteiger partial charge in [0.1, 0.15) is 5.75 Å². The van der Waals surface area contributed by atoms with Gasteiger partial charge < -0.3 is 10.1 Å². The molecule has 0 aromatic heterocycles. The summed E-state index contributed by atoms with van der Waals surface area (Å²) in [5.74, 6) is 0.603. The van der Waals surface area contributed by atoms with Crippen LogP contribution in [0, 0.1) is 0 Å². The number of hydrogen-bond acceptors (Lipinski definition) is 4. The number of carbonyl (C=O) groups excluding carboxylic acids is 2. The molecule has 5 heteroatoms. The molecule has 0 bridgehead atoms. The lowest BCUT2D eigenvalue weighted by molar-refractivity contribution is -0.138. The third kappa shape index (κ3) is 3.17. The predicted octanol–water partition coefficient (Wildman–Crippen LogP) is 1.49. The van der Waals surface area contributed by atoms with Crippen LogP contribution < -0.4 is 10.1 Å². The van der Waals surface area contributed by atoms with Crippen LogP contribution in [0.25, 0.3) is 0 Å². The molecule has 1 N–H and O–H groups in total. The molecular weight excluding hydrogens is 256 g/mol. The van der Waals surface area contributed by atoms with Crippen LogP contribution in [0.3, 0.4) is 0 Å². The van der Waals surface area contributed by atoms with Gasteiger partial charge in [-0.15, -0.1) is 0 Å². The molecule has 1 atom stereocenters. The van der Waals surface area contributed by atoms with Crippen molar-refractivity contribution in [1.82, 2.24) is 10.2 Å². The summed E-state index contributed by atoms with van der Waals surface area (Å²) in [6, 6.07) is 7.62. The first-order chi connectivity index (χ1) is 9.65. The number of nitrogens with one attached hydrogen (secondary N) is 1. The molecule has 108 valence electrons. The maximum atomic E-state index is 11.7. The van der Waals surface area contributed by atoms with Crippen molar-refractivity contribution in [2.75, 3.05) is 20.2 Å². The number of rotatable bonds is 6. The normalized spacial score (nSPS) is 16.6. The summed E-state index contributed by atoms with van der Waals surface area (Å²) in [5, 5.41) is 3.32. The summed E-state index contributed by atoms with van der Waals surface area (Å²) in [5.41, 5.74) is 1.01. The van der Waals surface area contributed by atoms with Crippen LogP contribution in [0.2, 0.25) is 0 Å². The number of benzene rings is 1. The Hall–Kier alpha value is -1.88. The second kappa shape index (κ2) is 6.52. The summed E-state index contributed by atoms with van der Waals surface area (Å²) >= 11 is 0. The number of ether oxygens (including phenoxy) is 1. The fourth-order valence-electron chi connectivity index (χ4n) is 2.40. The van der Waals surface area contributed by atoms with E-state index in [1.165, 1.54) is 4.90 Å². The molecule has 0 saturated carbocycles. The van der Waals surface area contributed by atoms with E-state index in [2.05, 4.69) is 5.32 Å². The van der Waals surface area contributed by atoms with Crippen LogP contribution in [0.1, 0.15) is 31.4 Å². The molecule has 1 aliphatic rings. The Morgan fingerprint density at radius 3 is 2.60 bits per heavy atom. The molecule has 2 rings (SSSR count). The third-order valence-corrected chi connectivity index (χ3v) is 3.47. The van der Waals surface area contributed by atoms with E-state index >= 15 is 0 Å². The zero-order chi connectivity index (χ0) is 14.5. The van der Waals surface area contributed by atoms with Crippen LogP contribution in [0.4, 0.5) is 0 Å². The quantitative estimate of drug-likeness (QED) is 0.800. The van der Waals surface area contributed by atoms with Crippen LogP contribution in [-0.2, 0) is 9.59 Å². The lowest BCUT2D eigenvalue weighted by Crippen LogP contribution is -2.38. The second-order valence-corrected chi connectivity index (χ2v) is 4.78. The zero-order valence-corrected chi connectivity index (χ0v) is 11.9. The van der Waals surface area contributed by atoms with E-state index in [-0.39, 0.29) is 17.9 Å². The van der Waals surface area contributed by atoms with Gasteiger partial charge in [0.05, 0.1) is 13.2 Å². The first kappa shape index (κ1) is 14.5. The Labute approximate surface area is 118 Å². The van der Waals surface area contributed by atoms with Crippen LogP contribution in [0.15, 0.2) is 24.3 Å². The number of likely N-dealkylation sites (tertiary alicyclic amines) is 1.